The fraction of sp³-hybridized carbons (Fsp3) is 0.500. The maximum Gasteiger partial charge on any atom is 0.238 e. The van der Waals surface area contributed by atoms with Crippen LogP contribution in [0.1, 0.15) is 35.7 Å². The number of amides is 1. The SMILES string of the molecule is Cc1ccc(NC(=O)CN2CCCC(c3nc(N)n(C)n3)C2)c(C)c1. The third-order valence-electron chi connectivity index (χ3n) is 4.71. The van der Waals surface area contributed by atoms with E-state index in [1.807, 2.05) is 26.0 Å². The fourth-order valence-electron chi connectivity index (χ4n) is 3.35. The summed E-state index contributed by atoms with van der Waals surface area (Å²) in [5.74, 6) is 1.45. The second-order valence-corrected chi connectivity index (χ2v) is 6.89. The van der Waals surface area contributed by atoms with Crippen molar-refractivity contribution < 1.29 is 4.79 Å². The second kappa shape index (κ2) is 7.23. The molecule has 7 nitrogen and oxygen atoms in total. The van der Waals surface area contributed by atoms with E-state index in [9.17, 15) is 4.79 Å². The Hall–Kier alpha value is -2.41. The van der Waals surface area contributed by atoms with Crippen LogP contribution in [-0.4, -0.2) is 45.2 Å². The second-order valence-electron chi connectivity index (χ2n) is 6.89. The standard InChI is InChI=1S/C18H26N6O/c1-12-6-7-15(13(2)9-12)20-16(25)11-24-8-4-5-14(10-24)17-21-18(19)23(3)22-17/h6-7,9,14H,4-5,8,10-11H2,1-3H3,(H,20,25)(H2,19,21,22). The van der Waals surface area contributed by atoms with Gasteiger partial charge in [-0.05, 0) is 44.9 Å². The first-order valence-corrected chi connectivity index (χ1v) is 8.68. The summed E-state index contributed by atoms with van der Waals surface area (Å²) in [7, 11) is 1.80. The summed E-state index contributed by atoms with van der Waals surface area (Å²) < 4.78 is 1.60. The molecule has 0 saturated carbocycles. The Labute approximate surface area is 148 Å². The van der Waals surface area contributed by atoms with Crippen LogP contribution in [0, 0.1) is 13.8 Å². The minimum atomic E-state index is 0.0149. The van der Waals surface area contributed by atoms with Crippen LogP contribution in [0.5, 0.6) is 0 Å². The van der Waals surface area contributed by atoms with Gasteiger partial charge in [-0.25, -0.2) is 4.68 Å². The number of hydrogen-bond acceptors (Lipinski definition) is 5. The molecule has 1 fully saturated rings. The van der Waals surface area contributed by atoms with Gasteiger partial charge in [0.15, 0.2) is 5.82 Å². The largest absolute Gasteiger partial charge is 0.368 e. The number of carbonyl (C=O) groups excluding carboxylic acids is 1. The number of carbonyl (C=O) groups is 1. The Kier molecular flexibility index (Phi) is 5.03. The van der Waals surface area contributed by atoms with Gasteiger partial charge in [0.1, 0.15) is 0 Å². The molecule has 7 heteroatoms. The normalized spacial score (nSPS) is 18.3. The van der Waals surface area contributed by atoms with Crippen molar-refractivity contribution in [1.29, 1.82) is 0 Å². The van der Waals surface area contributed by atoms with Gasteiger partial charge in [0.25, 0.3) is 0 Å². The smallest absolute Gasteiger partial charge is 0.238 e. The molecular formula is C18H26N6O. The maximum atomic E-state index is 12.4. The molecule has 134 valence electrons. The number of anilines is 2. The van der Waals surface area contributed by atoms with E-state index in [0.717, 1.165) is 43.0 Å². The van der Waals surface area contributed by atoms with E-state index >= 15 is 0 Å². The molecule has 0 radical (unpaired) electrons. The van der Waals surface area contributed by atoms with Crippen LogP contribution in [0.4, 0.5) is 11.6 Å². The highest BCUT2D eigenvalue weighted by atomic mass is 16.2. The molecule has 2 heterocycles. The lowest BCUT2D eigenvalue weighted by Gasteiger charge is -2.30. The van der Waals surface area contributed by atoms with Gasteiger partial charge in [-0.1, -0.05) is 17.7 Å². The van der Waals surface area contributed by atoms with Crippen molar-refractivity contribution in [3.05, 3.63) is 35.2 Å². The van der Waals surface area contributed by atoms with Crippen LogP contribution in [0.2, 0.25) is 0 Å². The third kappa shape index (κ3) is 4.17. The molecule has 3 N–H and O–H groups in total. The van der Waals surface area contributed by atoms with Gasteiger partial charge < -0.3 is 11.1 Å². The number of nitrogens with one attached hydrogen (secondary N) is 1. The molecule has 0 bridgehead atoms. The summed E-state index contributed by atoms with van der Waals surface area (Å²) in [5, 5.41) is 7.40. The van der Waals surface area contributed by atoms with Crippen LogP contribution in [0.25, 0.3) is 0 Å². The number of nitrogen functional groups attached to an aromatic ring is 1. The highest BCUT2D eigenvalue weighted by Gasteiger charge is 2.26. The lowest BCUT2D eigenvalue weighted by atomic mass is 9.97. The molecule has 1 amide bonds. The number of rotatable bonds is 4. The maximum absolute atomic E-state index is 12.4. The average Bonchev–Trinajstić information content (AvgIpc) is 2.90. The molecule has 25 heavy (non-hydrogen) atoms. The number of piperidine rings is 1. The van der Waals surface area contributed by atoms with E-state index in [4.69, 9.17) is 5.73 Å². The molecule has 2 aromatic rings. The number of nitrogens with zero attached hydrogens (tertiary/aromatic N) is 4. The number of aromatic nitrogens is 3. The molecule has 1 aromatic carbocycles. The predicted octanol–water partition coefficient (Wildman–Crippen LogP) is 1.83. The fourth-order valence-corrected chi connectivity index (χ4v) is 3.35. The van der Waals surface area contributed by atoms with E-state index in [2.05, 4.69) is 26.4 Å². The molecule has 1 aliphatic rings. The highest BCUT2D eigenvalue weighted by molar-refractivity contribution is 5.93. The number of likely N-dealkylation sites (tertiary alicyclic amines) is 1. The van der Waals surface area contributed by atoms with E-state index in [0.29, 0.717) is 12.5 Å². The van der Waals surface area contributed by atoms with Crippen molar-refractivity contribution in [3.8, 4) is 0 Å². The van der Waals surface area contributed by atoms with E-state index in [-0.39, 0.29) is 11.8 Å². The first-order chi connectivity index (χ1) is 11.9. The van der Waals surface area contributed by atoms with E-state index in [1.165, 1.54) is 5.56 Å². The zero-order valence-electron chi connectivity index (χ0n) is 15.1. The van der Waals surface area contributed by atoms with Gasteiger partial charge in [-0.3, -0.25) is 9.69 Å². The topological polar surface area (TPSA) is 89.1 Å². The number of aryl methyl sites for hydroxylation is 3. The number of hydrogen-bond donors (Lipinski definition) is 2. The summed E-state index contributed by atoms with van der Waals surface area (Å²) in [5.41, 5.74) is 8.94. The minimum absolute atomic E-state index is 0.0149. The Bertz CT molecular complexity index is 749. The van der Waals surface area contributed by atoms with Crippen LogP contribution >= 0.6 is 0 Å². The van der Waals surface area contributed by atoms with Gasteiger partial charge in [0, 0.05) is 25.2 Å². The highest BCUT2D eigenvalue weighted by Crippen LogP contribution is 2.25. The van der Waals surface area contributed by atoms with Crippen molar-refractivity contribution >= 4 is 17.5 Å². The zero-order valence-corrected chi connectivity index (χ0v) is 15.1. The molecular weight excluding hydrogens is 316 g/mol. The van der Waals surface area contributed by atoms with Crippen molar-refractivity contribution in [2.45, 2.75) is 32.6 Å². The first kappa shape index (κ1) is 17.4. The van der Waals surface area contributed by atoms with Gasteiger partial charge in [-0.2, -0.15) is 10.1 Å². The lowest BCUT2D eigenvalue weighted by molar-refractivity contribution is -0.117. The third-order valence-corrected chi connectivity index (χ3v) is 4.71. The summed E-state index contributed by atoms with van der Waals surface area (Å²) in [4.78, 5) is 18.9. The molecule has 1 atom stereocenters. The van der Waals surface area contributed by atoms with Crippen molar-refractivity contribution in [3.63, 3.8) is 0 Å². The van der Waals surface area contributed by atoms with Crippen LogP contribution < -0.4 is 11.1 Å². The van der Waals surface area contributed by atoms with Crippen LogP contribution in [-0.2, 0) is 11.8 Å². The Balaban J connectivity index is 1.59. The average molecular weight is 342 g/mol. The van der Waals surface area contributed by atoms with E-state index < -0.39 is 0 Å². The monoisotopic (exact) mass is 342 g/mol. The zero-order chi connectivity index (χ0) is 18.0. The Morgan fingerprint density at radius 1 is 1.40 bits per heavy atom. The molecule has 1 unspecified atom stereocenters. The summed E-state index contributed by atoms with van der Waals surface area (Å²) in [6, 6.07) is 6.04. The molecule has 1 aromatic heterocycles. The van der Waals surface area contributed by atoms with E-state index in [1.54, 1.807) is 11.7 Å². The van der Waals surface area contributed by atoms with Gasteiger partial charge in [0.05, 0.1) is 6.54 Å². The molecule has 1 saturated heterocycles. The Morgan fingerprint density at radius 2 is 2.20 bits per heavy atom. The van der Waals surface area contributed by atoms with Crippen molar-refractivity contribution in [1.82, 2.24) is 19.7 Å². The molecule has 3 rings (SSSR count). The summed E-state index contributed by atoms with van der Waals surface area (Å²) >= 11 is 0. The quantitative estimate of drug-likeness (QED) is 0.885. The number of benzene rings is 1. The minimum Gasteiger partial charge on any atom is -0.368 e. The number of nitrogens with two attached hydrogens (primary N) is 1. The molecule has 0 spiro atoms. The van der Waals surface area contributed by atoms with Gasteiger partial charge in [0.2, 0.25) is 11.9 Å². The van der Waals surface area contributed by atoms with Gasteiger partial charge in [-0.15, -0.1) is 0 Å². The Morgan fingerprint density at radius 3 is 2.88 bits per heavy atom. The van der Waals surface area contributed by atoms with Crippen LogP contribution in [0.15, 0.2) is 18.2 Å². The summed E-state index contributed by atoms with van der Waals surface area (Å²) in [6.07, 6.45) is 2.05. The van der Waals surface area contributed by atoms with Crippen molar-refractivity contribution in [2.24, 2.45) is 7.05 Å². The predicted molar refractivity (Wildman–Crippen MR) is 98.4 cm³/mol. The lowest BCUT2D eigenvalue weighted by Crippen LogP contribution is -2.40. The first-order valence-electron chi connectivity index (χ1n) is 8.68. The van der Waals surface area contributed by atoms with Gasteiger partial charge >= 0.3 is 0 Å². The molecule has 0 aliphatic carbocycles. The summed E-state index contributed by atoms with van der Waals surface area (Å²) in [6.45, 7) is 6.14. The van der Waals surface area contributed by atoms with Crippen molar-refractivity contribution in [2.75, 3.05) is 30.7 Å². The molecule has 1 aliphatic heterocycles. The van der Waals surface area contributed by atoms with Crippen LogP contribution in [0.3, 0.4) is 0 Å².